The van der Waals surface area contributed by atoms with Crippen LogP contribution in [0, 0.1) is 11.2 Å². The molecular formula is C11H14ClFO3S. The van der Waals surface area contributed by atoms with Crippen LogP contribution >= 0.6 is 10.7 Å². The van der Waals surface area contributed by atoms with Gasteiger partial charge in [0.1, 0.15) is 11.6 Å². The lowest BCUT2D eigenvalue weighted by molar-refractivity contribution is 0.199. The fourth-order valence-electron chi connectivity index (χ4n) is 1.34. The van der Waals surface area contributed by atoms with Gasteiger partial charge in [-0.25, -0.2) is 12.8 Å². The van der Waals surface area contributed by atoms with E-state index in [-0.39, 0.29) is 12.4 Å². The predicted octanol–water partition coefficient (Wildman–Crippen LogP) is 2.80. The van der Waals surface area contributed by atoms with Gasteiger partial charge in [0.05, 0.1) is 12.4 Å². The average molecular weight is 281 g/mol. The van der Waals surface area contributed by atoms with E-state index in [9.17, 15) is 12.8 Å². The fraction of sp³-hybridized carbons (Fsp3) is 0.455. The molecule has 0 N–H and O–H groups in total. The van der Waals surface area contributed by atoms with Gasteiger partial charge in [-0.15, -0.1) is 0 Å². The molecule has 1 aromatic rings. The number of benzene rings is 1. The molecule has 0 radical (unpaired) electrons. The molecule has 0 aromatic heterocycles. The van der Waals surface area contributed by atoms with Gasteiger partial charge in [0.25, 0.3) is 0 Å². The van der Waals surface area contributed by atoms with Gasteiger partial charge in [0.2, 0.25) is 9.05 Å². The van der Waals surface area contributed by atoms with Crippen molar-refractivity contribution in [3.63, 3.8) is 0 Å². The van der Waals surface area contributed by atoms with Crippen LogP contribution in [0.15, 0.2) is 24.3 Å². The summed E-state index contributed by atoms with van der Waals surface area (Å²) in [6, 6.07) is 5.68. The first-order chi connectivity index (χ1) is 7.68. The lowest BCUT2D eigenvalue weighted by Gasteiger charge is -2.22. The second-order valence-corrected chi connectivity index (χ2v) is 7.37. The summed E-state index contributed by atoms with van der Waals surface area (Å²) in [6.45, 7) is 3.57. The highest BCUT2D eigenvalue weighted by Crippen LogP contribution is 2.22. The Labute approximate surface area is 105 Å². The summed E-state index contributed by atoms with van der Waals surface area (Å²) < 4.78 is 40.1. The Morgan fingerprint density at radius 2 is 2.06 bits per heavy atom. The summed E-state index contributed by atoms with van der Waals surface area (Å²) in [4.78, 5) is 0. The summed E-state index contributed by atoms with van der Waals surface area (Å²) in [5.41, 5.74) is -0.632. The lowest BCUT2D eigenvalue weighted by Crippen LogP contribution is -2.28. The van der Waals surface area contributed by atoms with E-state index in [1.54, 1.807) is 19.9 Å². The van der Waals surface area contributed by atoms with Crippen LogP contribution in [0.4, 0.5) is 4.39 Å². The Balaban J connectivity index is 2.61. The van der Waals surface area contributed by atoms with E-state index in [0.717, 1.165) is 0 Å². The molecule has 0 aliphatic heterocycles. The van der Waals surface area contributed by atoms with Crippen LogP contribution in [0.25, 0.3) is 0 Å². The SMILES string of the molecule is CC(C)(COc1cccc(F)c1)CS(=O)(=O)Cl. The zero-order valence-corrected chi connectivity index (χ0v) is 11.2. The van der Waals surface area contributed by atoms with Crippen molar-refractivity contribution in [3.05, 3.63) is 30.1 Å². The molecule has 0 aliphatic rings. The quantitative estimate of drug-likeness (QED) is 0.779. The van der Waals surface area contributed by atoms with Crippen molar-refractivity contribution in [2.45, 2.75) is 13.8 Å². The predicted molar refractivity (Wildman–Crippen MR) is 65.3 cm³/mol. The van der Waals surface area contributed by atoms with Gasteiger partial charge in [-0.1, -0.05) is 19.9 Å². The van der Waals surface area contributed by atoms with Crippen molar-refractivity contribution >= 4 is 19.7 Å². The highest BCUT2D eigenvalue weighted by molar-refractivity contribution is 8.13. The maximum atomic E-state index is 12.9. The van der Waals surface area contributed by atoms with E-state index < -0.39 is 20.3 Å². The molecule has 1 aromatic carbocycles. The third-order valence-electron chi connectivity index (χ3n) is 1.99. The standard InChI is InChI=1S/C11H14ClFO3S/c1-11(2,8-17(12,14)15)7-16-10-5-3-4-9(13)6-10/h3-6H,7-8H2,1-2H3. The second kappa shape index (κ2) is 5.23. The molecule has 6 heteroatoms. The summed E-state index contributed by atoms with van der Waals surface area (Å²) in [6.07, 6.45) is 0. The van der Waals surface area contributed by atoms with Gasteiger partial charge in [-0.05, 0) is 12.1 Å². The Morgan fingerprint density at radius 1 is 1.41 bits per heavy atom. The molecule has 0 saturated carbocycles. The molecule has 3 nitrogen and oxygen atoms in total. The Hall–Kier alpha value is -0.810. The van der Waals surface area contributed by atoms with E-state index in [1.807, 2.05) is 0 Å². The van der Waals surface area contributed by atoms with Crippen molar-refractivity contribution in [1.82, 2.24) is 0 Å². The average Bonchev–Trinajstić information content (AvgIpc) is 2.11. The van der Waals surface area contributed by atoms with Crippen molar-refractivity contribution in [3.8, 4) is 5.75 Å². The molecule has 0 heterocycles. The van der Waals surface area contributed by atoms with Crippen LogP contribution in [-0.4, -0.2) is 20.8 Å². The Kier molecular flexibility index (Phi) is 4.38. The summed E-state index contributed by atoms with van der Waals surface area (Å²) in [7, 11) is 1.61. The fourth-order valence-corrected chi connectivity index (χ4v) is 3.25. The topological polar surface area (TPSA) is 43.4 Å². The smallest absolute Gasteiger partial charge is 0.233 e. The first-order valence-electron chi connectivity index (χ1n) is 4.99. The molecule has 0 aliphatic carbocycles. The molecule has 96 valence electrons. The second-order valence-electron chi connectivity index (χ2n) is 4.59. The number of hydrogen-bond acceptors (Lipinski definition) is 3. The minimum atomic E-state index is -3.58. The van der Waals surface area contributed by atoms with Gasteiger partial charge < -0.3 is 4.74 Å². The zero-order valence-electron chi connectivity index (χ0n) is 9.61. The van der Waals surface area contributed by atoms with E-state index in [0.29, 0.717) is 5.75 Å². The molecule has 0 bridgehead atoms. The zero-order chi connectivity index (χ0) is 13.1. The van der Waals surface area contributed by atoms with E-state index in [2.05, 4.69) is 0 Å². The van der Waals surface area contributed by atoms with Crippen molar-refractivity contribution in [1.29, 1.82) is 0 Å². The summed E-state index contributed by atoms with van der Waals surface area (Å²) in [5.74, 6) is -0.230. The normalized spacial score (nSPS) is 12.5. The third kappa shape index (κ3) is 5.89. The third-order valence-corrected chi connectivity index (χ3v) is 3.44. The van der Waals surface area contributed by atoms with Crippen LogP contribution in [-0.2, 0) is 9.05 Å². The molecule has 0 amide bonds. The van der Waals surface area contributed by atoms with Crippen molar-refractivity contribution in [2.24, 2.45) is 5.41 Å². The Morgan fingerprint density at radius 3 is 2.59 bits per heavy atom. The van der Waals surface area contributed by atoms with Gasteiger partial charge in [0.15, 0.2) is 0 Å². The minimum absolute atomic E-state index is 0.141. The van der Waals surface area contributed by atoms with Gasteiger partial charge in [-0.3, -0.25) is 0 Å². The summed E-state index contributed by atoms with van der Waals surface area (Å²) >= 11 is 0. The van der Waals surface area contributed by atoms with E-state index >= 15 is 0 Å². The van der Waals surface area contributed by atoms with Crippen LogP contribution in [0.1, 0.15) is 13.8 Å². The van der Waals surface area contributed by atoms with Gasteiger partial charge >= 0.3 is 0 Å². The van der Waals surface area contributed by atoms with Gasteiger partial charge in [-0.2, -0.15) is 0 Å². The van der Waals surface area contributed by atoms with Gasteiger partial charge in [0, 0.05) is 22.2 Å². The van der Waals surface area contributed by atoms with Crippen LogP contribution in [0.3, 0.4) is 0 Å². The van der Waals surface area contributed by atoms with Crippen LogP contribution in [0.5, 0.6) is 5.75 Å². The molecular weight excluding hydrogens is 267 g/mol. The van der Waals surface area contributed by atoms with Crippen LogP contribution < -0.4 is 4.74 Å². The highest BCUT2D eigenvalue weighted by Gasteiger charge is 2.25. The monoisotopic (exact) mass is 280 g/mol. The summed E-state index contributed by atoms with van der Waals surface area (Å²) in [5, 5.41) is 0. The Bertz CT molecular complexity index is 485. The minimum Gasteiger partial charge on any atom is -0.493 e. The first-order valence-corrected chi connectivity index (χ1v) is 7.47. The number of rotatable bonds is 5. The van der Waals surface area contributed by atoms with E-state index in [1.165, 1.54) is 18.2 Å². The first kappa shape index (κ1) is 14.3. The number of halogens is 2. The van der Waals surface area contributed by atoms with Crippen molar-refractivity contribution < 1.29 is 17.5 Å². The highest BCUT2D eigenvalue weighted by atomic mass is 35.7. The maximum absolute atomic E-state index is 12.9. The number of ether oxygens (including phenoxy) is 1. The van der Waals surface area contributed by atoms with Crippen LogP contribution in [0.2, 0.25) is 0 Å². The molecule has 0 fully saturated rings. The van der Waals surface area contributed by atoms with Crippen molar-refractivity contribution in [2.75, 3.05) is 12.4 Å². The molecule has 0 unspecified atom stereocenters. The molecule has 17 heavy (non-hydrogen) atoms. The molecule has 0 atom stereocenters. The maximum Gasteiger partial charge on any atom is 0.233 e. The van der Waals surface area contributed by atoms with E-state index in [4.69, 9.17) is 15.4 Å². The molecule has 0 spiro atoms. The number of hydrogen-bond donors (Lipinski definition) is 0. The molecule has 1 rings (SSSR count). The lowest BCUT2D eigenvalue weighted by atomic mass is 9.98. The molecule has 0 saturated heterocycles. The largest absolute Gasteiger partial charge is 0.493 e.